The Balaban J connectivity index is 1.97. The van der Waals surface area contributed by atoms with E-state index in [4.69, 9.17) is 4.74 Å². The van der Waals surface area contributed by atoms with E-state index in [-0.39, 0.29) is 12.1 Å². The van der Waals surface area contributed by atoms with Crippen LogP contribution in [0.1, 0.15) is 39.5 Å². The van der Waals surface area contributed by atoms with Gasteiger partial charge in [-0.3, -0.25) is 4.79 Å². The summed E-state index contributed by atoms with van der Waals surface area (Å²) in [5, 5.41) is 0. The third kappa shape index (κ3) is 1.70. The average Bonchev–Trinajstić information content (AvgIpc) is 2.55. The zero-order valence-corrected chi connectivity index (χ0v) is 9.66. The maximum Gasteiger partial charge on any atom is 0.309 e. The van der Waals surface area contributed by atoms with E-state index in [1.54, 1.807) is 6.08 Å². The van der Waals surface area contributed by atoms with Crippen LogP contribution in [0.3, 0.4) is 0 Å². The van der Waals surface area contributed by atoms with E-state index < -0.39 is 0 Å². The topological polar surface area (TPSA) is 26.3 Å². The molecule has 84 valence electrons. The molecular weight excluding hydrogens is 188 g/mol. The summed E-state index contributed by atoms with van der Waals surface area (Å²) < 4.78 is 5.51. The van der Waals surface area contributed by atoms with Gasteiger partial charge >= 0.3 is 5.97 Å². The predicted molar refractivity (Wildman–Crippen MR) is 59.3 cm³/mol. The number of carbonyl (C=O) groups excluding carboxylic acids is 1. The summed E-state index contributed by atoms with van der Waals surface area (Å²) >= 11 is 0. The van der Waals surface area contributed by atoms with Gasteiger partial charge < -0.3 is 4.74 Å². The smallest absolute Gasteiger partial charge is 0.309 e. The second-order valence-corrected chi connectivity index (χ2v) is 5.46. The summed E-state index contributed by atoms with van der Waals surface area (Å²) in [7, 11) is 0. The fraction of sp³-hybridized carbons (Fsp3) is 0.769. The SMILES string of the molecule is C=CCC(=O)OC1CC2CCC1C2(C)C. The standard InChI is InChI=1S/C13H20O2/c1-4-5-12(14)15-11-8-9-6-7-10(11)13(9,2)3/h4,9-11H,1,5-8H2,2-3H3. The molecule has 0 heterocycles. The largest absolute Gasteiger partial charge is 0.462 e. The fourth-order valence-corrected chi connectivity index (χ4v) is 3.42. The average molecular weight is 208 g/mol. The molecule has 2 saturated carbocycles. The van der Waals surface area contributed by atoms with Crippen molar-refractivity contribution in [1.29, 1.82) is 0 Å². The van der Waals surface area contributed by atoms with Gasteiger partial charge in [0.15, 0.2) is 0 Å². The molecule has 0 N–H and O–H groups in total. The molecule has 2 heteroatoms. The Labute approximate surface area is 91.7 Å². The number of hydrogen-bond acceptors (Lipinski definition) is 2. The van der Waals surface area contributed by atoms with Crippen molar-refractivity contribution in [3.05, 3.63) is 12.7 Å². The molecule has 0 saturated heterocycles. The van der Waals surface area contributed by atoms with Crippen LogP contribution in [0.15, 0.2) is 12.7 Å². The van der Waals surface area contributed by atoms with Gasteiger partial charge in [0.25, 0.3) is 0 Å². The van der Waals surface area contributed by atoms with Crippen molar-refractivity contribution in [1.82, 2.24) is 0 Å². The summed E-state index contributed by atoms with van der Waals surface area (Å²) in [5.41, 5.74) is 0.374. The van der Waals surface area contributed by atoms with Gasteiger partial charge in [-0.25, -0.2) is 0 Å². The molecule has 0 spiro atoms. The van der Waals surface area contributed by atoms with Crippen LogP contribution < -0.4 is 0 Å². The van der Waals surface area contributed by atoms with Gasteiger partial charge in [-0.1, -0.05) is 19.9 Å². The van der Waals surface area contributed by atoms with Gasteiger partial charge in [-0.05, 0) is 30.6 Å². The van der Waals surface area contributed by atoms with Crippen LogP contribution in [0.4, 0.5) is 0 Å². The molecule has 0 amide bonds. The minimum Gasteiger partial charge on any atom is -0.462 e. The zero-order chi connectivity index (χ0) is 11.1. The lowest BCUT2D eigenvalue weighted by molar-refractivity contribution is -0.151. The zero-order valence-electron chi connectivity index (χ0n) is 9.66. The van der Waals surface area contributed by atoms with Crippen LogP contribution in [0.5, 0.6) is 0 Å². The molecule has 2 aliphatic carbocycles. The van der Waals surface area contributed by atoms with E-state index in [1.165, 1.54) is 12.8 Å². The van der Waals surface area contributed by atoms with E-state index in [1.807, 2.05) is 0 Å². The first-order valence-corrected chi connectivity index (χ1v) is 5.86. The Morgan fingerprint density at radius 2 is 2.27 bits per heavy atom. The minimum atomic E-state index is -0.113. The molecule has 3 atom stereocenters. The number of carbonyl (C=O) groups is 1. The monoisotopic (exact) mass is 208 g/mol. The van der Waals surface area contributed by atoms with Gasteiger partial charge in [0.2, 0.25) is 0 Å². The Morgan fingerprint density at radius 1 is 1.53 bits per heavy atom. The highest BCUT2D eigenvalue weighted by Gasteiger charge is 2.54. The van der Waals surface area contributed by atoms with Crippen LogP contribution in [0, 0.1) is 17.3 Å². The Hall–Kier alpha value is -0.790. The molecule has 3 unspecified atom stereocenters. The minimum absolute atomic E-state index is 0.113. The highest BCUT2D eigenvalue weighted by Crippen LogP contribution is 2.58. The van der Waals surface area contributed by atoms with Crippen molar-refractivity contribution >= 4 is 5.97 Å². The third-order valence-electron chi connectivity index (χ3n) is 4.39. The molecule has 0 aromatic heterocycles. The van der Waals surface area contributed by atoms with Gasteiger partial charge in [0.1, 0.15) is 6.10 Å². The molecular formula is C13H20O2. The first-order valence-electron chi connectivity index (χ1n) is 5.86. The molecule has 0 radical (unpaired) electrons. The molecule has 2 bridgehead atoms. The lowest BCUT2D eigenvalue weighted by Gasteiger charge is -2.26. The molecule has 2 rings (SSSR count). The van der Waals surface area contributed by atoms with Crippen LogP contribution in [-0.4, -0.2) is 12.1 Å². The summed E-state index contributed by atoms with van der Waals surface area (Å²) in [5.74, 6) is 1.22. The lowest BCUT2D eigenvalue weighted by Crippen LogP contribution is -2.27. The van der Waals surface area contributed by atoms with Crippen molar-refractivity contribution in [2.75, 3.05) is 0 Å². The molecule has 0 aromatic rings. The van der Waals surface area contributed by atoms with Crippen LogP contribution in [0.2, 0.25) is 0 Å². The Bertz CT molecular complexity index is 280. The second-order valence-electron chi connectivity index (χ2n) is 5.46. The second kappa shape index (κ2) is 3.66. The summed E-state index contributed by atoms with van der Waals surface area (Å²) in [6, 6.07) is 0. The van der Waals surface area contributed by atoms with Crippen molar-refractivity contribution < 1.29 is 9.53 Å². The van der Waals surface area contributed by atoms with Gasteiger partial charge in [0.05, 0.1) is 6.42 Å². The van der Waals surface area contributed by atoms with E-state index >= 15 is 0 Å². The molecule has 0 aliphatic heterocycles. The lowest BCUT2D eigenvalue weighted by atomic mass is 9.82. The van der Waals surface area contributed by atoms with Gasteiger partial charge in [-0.2, -0.15) is 0 Å². The predicted octanol–water partition coefficient (Wildman–Crippen LogP) is 2.93. The van der Waals surface area contributed by atoms with Crippen molar-refractivity contribution in [3.8, 4) is 0 Å². The van der Waals surface area contributed by atoms with Crippen LogP contribution >= 0.6 is 0 Å². The van der Waals surface area contributed by atoms with E-state index in [2.05, 4.69) is 20.4 Å². The van der Waals surface area contributed by atoms with Gasteiger partial charge in [-0.15, -0.1) is 6.58 Å². The molecule has 2 aliphatic rings. The Morgan fingerprint density at radius 3 is 2.73 bits per heavy atom. The normalized spacial score (nSPS) is 36.5. The maximum atomic E-state index is 11.4. The molecule has 15 heavy (non-hydrogen) atoms. The maximum absolute atomic E-state index is 11.4. The number of rotatable bonds is 3. The van der Waals surface area contributed by atoms with Crippen molar-refractivity contribution in [3.63, 3.8) is 0 Å². The third-order valence-corrected chi connectivity index (χ3v) is 4.39. The number of ether oxygens (including phenoxy) is 1. The molecule has 2 nitrogen and oxygen atoms in total. The number of hydrogen-bond donors (Lipinski definition) is 0. The quantitative estimate of drug-likeness (QED) is 0.526. The highest BCUT2D eigenvalue weighted by molar-refractivity contribution is 5.71. The van der Waals surface area contributed by atoms with Crippen LogP contribution in [-0.2, 0) is 9.53 Å². The van der Waals surface area contributed by atoms with E-state index in [0.29, 0.717) is 17.8 Å². The summed E-state index contributed by atoms with van der Waals surface area (Å²) in [6.45, 7) is 8.18. The van der Waals surface area contributed by atoms with E-state index in [0.717, 1.165) is 12.3 Å². The molecule has 0 aromatic carbocycles. The van der Waals surface area contributed by atoms with Gasteiger partial charge in [0, 0.05) is 5.92 Å². The number of esters is 1. The van der Waals surface area contributed by atoms with Crippen LogP contribution in [0.25, 0.3) is 0 Å². The molecule has 2 fully saturated rings. The fourth-order valence-electron chi connectivity index (χ4n) is 3.42. The van der Waals surface area contributed by atoms with Crippen molar-refractivity contribution in [2.45, 2.75) is 45.6 Å². The first-order chi connectivity index (χ1) is 7.05. The highest BCUT2D eigenvalue weighted by atomic mass is 16.5. The summed E-state index contributed by atoms with van der Waals surface area (Å²) in [4.78, 5) is 11.4. The summed E-state index contributed by atoms with van der Waals surface area (Å²) in [6.07, 6.45) is 5.73. The Kier molecular flexibility index (Phi) is 2.61. The first kappa shape index (κ1) is 10.7. The van der Waals surface area contributed by atoms with Crippen molar-refractivity contribution in [2.24, 2.45) is 17.3 Å². The van der Waals surface area contributed by atoms with E-state index in [9.17, 15) is 4.79 Å². The number of fused-ring (bicyclic) bond motifs is 2.